The number of ether oxygens (including phenoxy) is 1. The van der Waals surface area contributed by atoms with E-state index < -0.39 is 10.0 Å². The molecule has 6 heteroatoms. The summed E-state index contributed by atoms with van der Waals surface area (Å²) >= 11 is 0. The minimum Gasteiger partial charge on any atom is -0.494 e. The van der Waals surface area contributed by atoms with Crippen LogP contribution in [0.3, 0.4) is 0 Å². The third-order valence-corrected chi connectivity index (χ3v) is 6.22. The highest BCUT2D eigenvalue weighted by Crippen LogP contribution is 2.41. The van der Waals surface area contributed by atoms with Crippen LogP contribution in [0.25, 0.3) is 0 Å². The number of nitrogens with two attached hydrogens (primary N) is 1. The van der Waals surface area contributed by atoms with Crippen molar-refractivity contribution in [3.8, 4) is 5.75 Å². The molecule has 116 valence electrons. The molecule has 2 aliphatic rings. The molecule has 1 aromatic carbocycles. The minimum absolute atomic E-state index is 0.0324. The number of hydrogen-bond acceptors (Lipinski definition) is 4. The Bertz CT molecular complexity index is 596. The zero-order chi connectivity index (χ0) is 15.0. The highest BCUT2D eigenvalue weighted by Gasteiger charge is 2.44. The molecule has 0 bridgehead atoms. The average molecular weight is 310 g/mol. The van der Waals surface area contributed by atoms with Gasteiger partial charge in [0.1, 0.15) is 5.75 Å². The van der Waals surface area contributed by atoms with E-state index in [2.05, 4.69) is 0 Å². The molecule has 2 N–H and O–H groups in total. The third-order valence-electron chi connectivity index (χ3n) is 4.38. The molecule has 2 fully saturated rings. The second-order valence-electron chi connectivity index (χ2n) is 5.89. The monoisotopic (exact) mass is 310 g/mol. The molecule has 0 aromatic heterocycles. The molecule has 0 amide bonds. The summed E-state index contributed by atoms with van der Waals surface area (Å²) in [6, 6.07) is 6.58. The zero-order valence-corrected chi connectivity index (χ0v) is 13.1. The molecular formula is C15H22N2O3S. The molecule has 2 atom stereocenters. The highest BCUT2D eigenvalue weighted by atomic mass is 32.2. The van der Waals surface area contributed by atoms with Gasteiger partial charge in [0.15, 0.2) is 0 Å². The first-order chi connectivity index (χ1) is 10.0. The van der Waals surface area contributed by atoms with Crippen molar-refractivity contribution < 1.29 is 13.2 Å². The van der Waals surface area contributed by atoms with Gasteiger partial charge in [-0.25, -0.2) is 8.42 Å². The van der Waals surface area contributed by atoms with E-state index in [1.807, 2.05) is 6.92 Å². The lowest BCUT2D eigenvalue weighted by molar-refractivity contribution is 0.340. The molecule has 1 saturated heterocycles. The Morgan fingerprint density at radius 3 is 2.48 bits per heavy atom. The summed E-state index contributed by atoms with van der Waals surface area (Å²) in [6.07, 6.45) is 2.38. The van der Waals surface area contributed by atoms with Crippen molar-refractivity contribution in [3.63, 3.8) is 0 Å². The van der Waals surface area contributed by atoms with Gasteiger partial charge in [-0.05, 0) is 55.9 Å². The number of rotatable bonds is 5. The van der Waals surface area contributed by atoms with Crippen molar-refractivity contribution in [1.29, 1.82) is 0 Å². The van der Waals surface area contributed by atoms with Crippen LogP contribution in [0, 0.1) is 11.8 Å². The van der Waals surface area contributed by atoms with Crippen molar-refractivity contribution in [2.75, 3.05) is 19.7 Å². The maximum atomic E-state index is 12.7. The van der Waals surface area contributed by atoms with Gasteiger partial charge in [-0.2, -0.15) is 4.31 Å². The smallest absolute Gasteiger partial charge is 0.243 e. The van der Waals surface area contributed by atoms with Crippen molar-refractivity contribution in [1.82, 2.24) is 4.31 Å². The van der Waals surface area contributed by atoms with E-state index in [1.165, 1.54) is 17.1 Å². The van der Waals surface area contributed by atoms with E-state index in [-0.39, 0.29) is 6.04 Å². The summed E-state index contributed by atoms with van der Waals surface area (Å²) in [7, 11) is -3.44. The van der Waals surface area contributed by atoms with Gasteiger partial charge in [0.25, 0.3) is 0 Å². The summed E-state index contributed by atoms with van der Waals surface area (Å²) < 4.78 is 32.2. The molecule has 3 rings (SSSR count). The van der Waals surface area contributed by atoms with Crippen LogP contribution < -0.4 is 10.5 Å². The van der Waals surface area contributed by atoms with Gasteiger partial charge in [0.2, 0.25) is 10.0 Å². The summed E-state index contributed by atoms with van der Waals surface area (Å²) in [4.78, 5) is 0.314. The Kier molecular flexibility index (Phi) is 3.94. The van der Waals surface area contributed by atoms with E-state index in [1.54, 1.807) is 24.3 Å². The lowest BCUT2D eigenvalue weighted by atomic mass is 9.99. The van der Waals surface area contributed by atoms with Crippen LogP contribution in [0.2, 0.25) is 0 Å². The van der Waals surface area contributed by atoms with Crippen molar-refractivity contribution in [2.24, 2.45) is 17.6 Å². The zero-order valence-electron chi connectivity index (χ0n) is 12.2. The van der Waals surface area contributed by atoms with Gasteiger partial charge in [-0.3, -0.25) is 0 Å². The van der Waals surface area contributed by atoms with Crippen LogP contribution >= 0.6 is 0 Å². The molecule has 1 aliphatic heterocycles. The number of benzene rings is 1. The minimum atomic E-state index is -3.44. The van der Waals surface area contributed by atoms with Crippen molar-refractivity contribution in [3.05, 3.63) is 24.3 Å². The lowest BCUT2D eigenvalue weighted by Crippen LogP contribution is -2.32. The van der Waals surface area contributed by atoms with Gasteiger partial charge in [0, 0.05) is 19.1 Å². The van der Waals surface area contributed by atoms with Crippen LogP contribution in [-0.2, 0) is 10.0 Å². The van der Waals surface area contributed by atoms with Crippen molar-refractivity contribution >= 4 is 10.0 Å². The number of nitrogens with zero attached hydrogens (tertiary/aromatic N) is 1. The quantitative estimate of drug-likeness (QED) is 0.893. The number of hydrogen-bond donors (Lipinski definition) is 1. The lowest BCUT2D eigenvalue weighted by Gasteiger charge is -2.16. The van der Waals surface area contributed by atoms with Gasteiger partial charge >= 0.3 is 0 Å². The first-order valence-corrected chi connectivity index (χ1v) is 8.95. The Morgan fingerprint density at radius 2 is 1.90 bits per heavy atom. The molecular weight excluding hydrogens is 288 g/mol. The third kappa shape index (κ3) is 2.93. The van der Waals surface area contributed by atoms with E-state index in [4.69, 9.17) is 10.5 Å². The van der Waals surface area contributed by atoms with Crippen LogP contribution in [0.15, 0.2) is 29.2 Å². The normalized spacial score (nSPS) is 27.0. The topological polar surface area (TPSA) is 72.6 Å². The molecule has 1 aromatic rings. The second-order valence-corrected chi connectivity index (χ2v) is 7.83. The summed E-state index contributed by atoms with van der Waals surface area (Å²) in [5.41, 5.74) is 6.12. The Labute approximate surface area is 126 Å². The molecule has 1 aliphatic carbocycles. The summed E-state index contributed by atoms with van der Waals surface area (Å²) in [5.74, 6) is 1.63. The van der Waals surface area contributed by atoms with E-state index in [0.29, 0.717) is 42.2 Å². The van der Waals surface area contributed by atoms with Gasteiger partial charge in [0.05, 0.1) is 11.5 Å². The van der Waals surface area contributed by atoms with Crippen molar-refractivity contribution in [2.45, 2.75) is 30.7 Å². The Hall–Kier alpha value is -1.11. The standard InChI is InChI=1S/C15H22N2O3S/c1-2-20-12-5-7-13(8-6-12)21(18,19)17-9-14(11-3-4-11)15(16)10-17/h5-8,11,14-15H,2-4,9-10,16H2,1H3. The van der Waals surface area contributed by atoms with E-state index in [9.17, 15) is 8.42 Å². The van der Waals surface area contributed by atoms with Crippen LogP contribution in [-0.4, -0.2) is 38.5 Å². The van der Waals surface area contributed by atoms with Gasteiger partial charge in [-0.15, -0.1) is 0 Å². The largest absolute Gasteiger partial charge is 0.494 e. The maximum absolute atomic E-state index is 12.7. The molecule has 0 spiro atoms. The first-order valence-electron chi connectivity index (χ1n) is 7.51. The Morgan fingerprint density at radius 1 is 1.24 bits per heavy atom. The molecule has 1 saturated carbocycles. The fourth-order valence-electron chi connectivity index (χ4n) is 3.06. The highest BCUT2D eigenvalue weighted by molar-refractivity contribution is 7.89. The molecule has 0 radical (unpaired) electrons. The van der Waals surface area contributed by atoms with E-state index in [0.717, 1.165) is 0 Å². The predicted octanol–water partition coefficient (Wildman–Crippen LogP) is 1.44. The Balaban J connectivity index is 1.77. The fraction of sp³-hybridized carbons (Fsp3) is 0.600. The predicted molar refractivity (Wildman–Crippen MR) is 80.6 cm³/mol. The SMILES string of the molecule is CCOc1ccc(S(=O)(=O)N2CC(N)C(C3CC3)C2)cc1. The average Bonchev–Trinajstić information content (AvgIpc) is 3.22. The van der Waals surface area contributed by atoms with E-state index >= 15 is 0 Å². The molecule has 21 heavy (non-hydrogen) atoms. The summed E-state index contributed by atoms with van der Waals surface area (Å²) in [5, 5.41) is 0. The number of sulfonamides is 1. The molecule has 5 nitrogen and oxygen atoms in total. The fourth-order valence-corrected chi connectivity index (χ4v) is 4.57. The maximum Gasteiger partial charge on any atom is 0.243 e. The molecule has 1 heterocycles. The second kappa shape index (κ2) is 5.59. The van der Waals surface area contributed by atoms with Crippen LogP contribution in [0.4, 0.5) is 0 Å². The van der Waals surface area contributed by atoms with Gasteiger partial charge < -0.3 is 10.5 Å². The molecule has 2 unspecified atom stereocenters. The van der Waals surface area contributed by atoms with Gasteiger partial charge in [-0.1, -0.05) is 0 Å². The summed E-state index contributed by atoms with van der Waals surface area (Å²) in [6.45, 7) is 3.45. The van der Waals surface area contributed by atoms with Crippen LogP contribution in [0.5, 0.6) is 5.75 Å². The first kappa shape index (κ1) is 14.8. The van der Waals surface area contributed by atoms with Crippen LogP contribution in [0.1, 0.15) is 19.8 Å².